The van der Waals surface area contributed by atoms with Crippen LogP contribution in [0.2, 0.25) is 5.02 Å². The Hall–Kier alpha value is -0.730. The van der Waals surface area contributed by atoms with Crippen LogP contribution in [0.4, 0.5) is 0 Å². The fourth-order valence-corrected chi connectivity index (χ4v) is 2.82. The Bertz CT molecular complexity index is 466. The van der Waals surface area contributed by atoms with Gasteiger partial charge in [0.2, 0.25) is 0 Å². The summed E-state index contributed by atoms with van der Waals surface area (Å²) in [5.41, 5.74) is -1.69. The fourth-order valence-electron chi connectivity index (χ4n) is 2.70. The summed E-state index contributed by atoms with van der Waals surface area (Å²) >= 11 is 5.75. The predicted octanol–water partition coefficient (Wildman–Crippen LogP) is -1.40. The third-order valence-electron chi connectivity index (χ3n) is 3.89. The lowest BCUT2D eigenvalue weighted by molar-refractivity contribution is -0.284. The zero-order chi connectivity index (χ0) is 15.1. The van der Waals surface area contributed by atoms with Gasteiger partial charge in [0, 0.05) is 10.9 Å². The molecule has 0 heterocycles. The lowest BCUT2D eigenvalue weighted by Crippen LogP contribution is -2.75. The summed E-state index contributed by atoms with van der Waals surface area (Å²) in [6.07, 6.45) is -6.34. The monoisotopic (exact) mass is 304 g/mol. The Morgan fingerprint density at radius 1 is 1.15 bits per heavy atom. The minimum Gasteiger partial charge on any atom is -0.394 e. The van der Waals surface area contributed by atoms with Gasteiger partial charge in [-0.2, -0.15) is 0 Å². The molecule has 0 aromatic heterocycles. The van der Waals surface area contributed by atoms with Crippen LogP contribution in [0.15, 0.2) is 24.3 Å². The van der Waals surface area contributed by atoms with Crippen LogP contribution in [0, 0.1) is 0 Å². The fraction of sp³-hybridized carbons (Fsp3) is 0.538. The number of aliphatic hydroxyl groups is 6. The standard InChI is InChI=1S/C13H17ClO6/c14-7-3-1-6(2-4-7)9-10(17)12(19)13(9,20)11(18)8(16)5-15/h1-4,8-12,15-20H,5H2/t8-,9?,10?,11-,12+,13+/m1/s1. The van der Waals surface area contributed by atoms with E-state index in [-0.39, 0.29) is 0 Å². The van der Waals surface area contributed by atoms with E-state index in [1.807, 2.05) is 0 Å². The van der Waals surface area contributed by atoms with Gasteiger partial charge in [-0.05, 0) is 17.7 Å². The first-order valence-corrected chi connectivity index (χ1v) is 6.52. The third-order valence-corrected chi connectivity index (χ3v) is 4.14. The minimum absolute atomic E-state index is 0.457. The van der Waals surface area contributed by atoms with Gasteiger partial charge < -0.3 is 30.6 Å². The van der Waals surface area contributed by atoms with E-state index in [2.05, 4.69) is 0 Å². The predicted molar refractivity (Wildman–Crippen MR) is 70.3 cm³/mol. The molecule has 20 heavy (non-hydrogen) atoms. The van der Waals surface area contributed by atoms with E-state index in [0.29, 0.717) is 10.6 Å². The van der Waals surface area contributed by atoms with Crippen molar-refractivity contribution in [2.45, 2.75) is 35.9 Å². The van der Waals surface area contributed by atoms with Crippen molar-refractivity contribution in [3.63, 3.8) is 0 Å². The molecule has 0 radical (unpaired) electrons. The number of benzene rings is 1. The molecular weight excluding hydrogens is 288 g/mol. The zero-order valence-electron chi connectivity index (χ0n) is 10.5. The van der Waals surface area contributed by atoms with E-state index in [0.717, 1.165) is 0 Å². The van der Waals surface area contributed by atoms with E-state index >= 15 is 0 Å². The van der Waals surface area contributed by atoms with Gasteiger partial charge >= 0.3 is 0 Å². The number of hydrogen-bond acceptors (Lipinski definition) is 6. The van der Waals surface area contributed by atoms with Crippen molar-refractivity contribution in [2.24, 2.45) is 0 Å². The normalized spacial score (nSPS) is 36.2. The van der Waals surface area contributed by atoms with Gasteiger partial charge in [0.1, 0.15) is 23.9 Å². The molecule has 1 fully saturated rings. The van der Waals surface area contributed by atoms with Crippen LogP contribution in [-0.2, 0) is 0 Å². The molecule has 1 aliphatic carbocycles. The molecule has 1 aromatic carbocycles. The first kappa shape index (κ1) is 15.7. The van der Waals surface area contributed by atoms with Crippen molar-refractivity contribution in [2.75, 3.05) is 6.61 Å². The molecule has 1 aliphatic rings. The summed E-state index contributed by atoms with van der Waals surface area (Å²) in [7, 11) is 0. The number of aliphatic hydroxyl groups excluding tert-OH is 5. The van der Waals surface area contributed by atoms with E-state index in [1.54, 1.807) is 24.3 Å². The molecule has 6 nitrogen and oxygen atoms in total. The molecule has 112 valence electrons. The summed E-state index contributed by atoms with van der Waals surface area (Å²) in [4.78, 5) is 0. The highest BCUT2D eigenvalue weighted by molar-refractivity contribution is 6.30. The van der Waals surface area contributed by atoms with Gasteiger partial charge in [-0.15, -0.1) is 0 Å². The Balaban J connectivity index is 2.33. The maximum atomic E-state index is 10.4. The number of halogens is 1. The zero-order valence-corrected chi connectivity index (χ0v) is 11.2. The Morgan fingerprint density at radius 3 is 2.20 bits per heavy atom. The van der Waals surface area contributed by atoms with E-state index in [1.165, 1.54) is 0 Å². The quantitative estimate of drug-likeness (QED) is 0.407. The molecule has 6 N–H and O–H groups in total. The van der Waals surface area contributed by atoms with Crippen molar-refractivity contribution < 1.29 is 30.6 Å². The lowest BCUT2D eigenvalue weighted by Gasteiger charge is -2.56. The molecule has 1 saturated carbocycles. The maximum absolute atomic E-state index is 10.4. The lowest BCUT2D eigenvalue weighted by atomic mass is 9.58. The van der Waals surface area contributed by atoms with Crippen LogP contribution in [0.5, 0.6) is 0 Å². The van der Waals surface area contributed by atoms with Crippen molar-refractivity contribution >= 4 is 11.6 Å². The molecule has 1 aromatic rings. The van der Waals surface area contributed by atoms with Gasteiger partial charge in [-0.1, -0.05) is 23.7 Å². The molecule has 2 unspecified atom stereocenters. The van der Waals surface area contributed by atoms with E-state index < -0.39 is 42.5 Å². The van der Waals surface area contributed by atoms with Crippen LogP contribution in [0.1, 0.15) is 11.5 Å². The molecule has 0 aliphatic heterocycles. The second kappa shape index (κ2) is 5.57. The van der Waals surface area contributed by atoms with Gasteiger partial charge in [-0.3, -0.25) is 0 Å². The SMILES string of the molecule is OC[C@@H](O)[C@@H](O)[C@@]1(O)C(c2ccc(Cl)cc2)C(O)[C@@H]1O. The van der Waals surface area contributed by atoms with Gasteiger partial charge in [-0.25, -0.2) is 0 Å². The Kier molecular flexibility index (Phi) is 4.36. The number of rotatable bonds is 4. The molecule has 6 atom stereocenters. The van der Waals surface area contributed by atoms with Gasteiger partial charge in [0.25, 0.3) is 0 Å². The molecule has 2 rings (SSSR count). The van der Waals surface area contributed by atoms with Crippen molar-refractivity contribution in [3.8, 4) is 0 Å². The highest BCUT2D eigenvalue weighted by Crippen LogP contribution is 2.49. The Labute approximate surface area is 120 Å². The van der Waals surface area contributed by atoms with E-state index in [9.17, 15) is 25.5 Å². The smallest absolute Gasteiger partial charge is 0.131 e. The second-order valence-electron chi connectivity index (χ2n) is 5.05. The summed E-state index contributed by atoms with van der Waals surface area (Å²) in [6, 6.07) is 6.18. The minimum atomic E-state index is -2.14. The van der Waals surface area contributed by atoms with Crippen molar-refractivity contribution in [1.29, 1.82) is 0 Å². The molecule has 0 bridgehead atoms. The van der Waals surface area contributed by atoms with Crippen LogP contribution >= 0.6 is 11.6 Å². The van der Waals surface area contributed by atoms with Crippen molar-refractivity contribution in [1.82, 2.24) is 0 Å². The molecule has 7 heteroatoms. The first-order chi connectivity index (χ1) is 9.33. The van der Waals surface area contributed by atoms with Crippen LogP contribution in [0.25, 0.3) is 0 Å². The third kappa shape index (κ3) is 2.23. The van der Waals surface area contributed by atoms with Gasteiger partial charge in [0.15, 0.2) is 0 Å². The first-order valence-electron chi connectivity index (χ1n) is 6.15. The average molecular weight is 305 g/mol. The highest BCUT2D eigenvalue weighted by Gasteiger charge is 2.65. The topological polar surface area (TPSA) is 121 Å². The molecule has 0 spiro atoms. The Morgan fingerprint density at radius 2 is 1.70 bits per heavy atom. The highest BCUT2D eigenvalue weighted by atomic mass is 35.5. The maximum Gasteiger partial charge on any atom is 0.131 e. The molecular formula is C13H17ClO6. The summed E-state index contributed by atoms with van der Waals surface area (Å²) in [5.74, 6) is -0.994. The number of hydrogen-bond donors (Lipinski definition) is 6. The van der Waals surface area contributed by atoms with E-state index in [4.69, 9.17) is 16.7 Å². The van der Waals surface area contributed by atoms with Crippen LogP contribution in [-0.4, -0.2) is 67.3 Å². The molecule has 0 saturated heterocycles. The van der Waals surface area contributed by atoms with Gasteiger partial charge in [0.05, 0.1) is 12.7 Å². The summed E-state index contributed by atoms with van der Waals surface area (Å²) in [6.45, 7) is -0.778. The van der Waals surface area contributed by atoms with Crippen LogP contribution in [0.3, 0.4) is 0 Å². The molecule has 0 amide bonds. The summed E-state index contributed by atoms with van der Waals surface area (Å²) < 4.78 is 0. The largest absolute Gasteiger partial charge is 0.394 e. The van der Waals surface area contributed by atoms with Crippen molar-refractivity contribution in [3.05, 3.63) is 34.9 Å². The summed E-state index contributed by atoms with van der Waals surface area (Å²) in [5, 5.41) is 58.7. The van der Waals surface area contributed by atoms with Crippen LogP contribution < -0.4 is 0 Å². The average Bonchev–Trinajstić information content (AvgIpc) is 2.47. The second-order valence-corrected chi connectivity index (χ2v) is 5.48.